The van der Waals surface area contributed by atoms with Crippen LogP contribution in [0.5, 0.6) is 0 Å². The topological polar surface area (TPSA) is 56.5 Å². The number of methoxy groups -OCH3 is 2. The largest absolute Gasteiger partial charge is 0.356 e. The molecule has 0 saturated heterocycles. The fraction of sp³-hybridized carbons (Fsp3) is 1.00. The van der Waals surface area contributed by atoms with Crippen molar-refractivity contribution in [3.8, 4) is 0 Å². The van der Waals surface area contributed by atoms with Gasteiger partial charge in [0.1, 0.15) is 0 Å². The molecule has 4 nitrogen and oxygen atoms in total. The Balaban J connectivity index is 2.26. The number of nitrogens with two attached hydrogens (primary N) is 1. The van der Waals surface area contributed by atoms with Crippen LogP contribution in [0.1, 0.15) is 39.0 Å². The molecule has 1 saturated carbocycles. The normalized spacial score (nSPS) is 20.3. The predicted octanol–water partition coefficient (Wildman–Crippen LogP) is 1.49. The van der Waals surface area contributed by atoms with E-state index in [4.69, 9.17) is 15.2 Å². The summed E-state index contributed by atoms with van der Waals surface area (Å²) in [6.07, 6.45) is 6.08. The fourth-order valence-corrected chi connectivity index (χ4v) is 2.22. The second-order valence-electron chi connectivity index (χ2n) is 5.38. The van der Waals surface area contributed by atoms with Crippen molar-refractivity contribution in [2.24, 2.45) is 11.7 Å². The van der Waals surface area contributed by atoms with Gasteiger partial charge in [0.15, 0.2) is 6.29 Å². The first kappa shape index (κ1) is 14.9. The molecule has 0 amide bonds. The first-order valence-corrected chi connectivity index (χ1v) is 6.64. The molecule has 1 atom stereocenters. The van der Waals surface area contributed by atoms with Crippen molar-refractivity contribution in [1.82, 2.24) is 5.32 Å². The molecule has 1 aliphatic rings. The summed E-state index contributed by atoms with van der Waals surface area (Å²) in [5, 5.41) is 3.56. The van der Waals surface area contributed by atoms with Crippen LogP contribution >= 0.6 is 0 Å². The minimum absolute atomic E-state index is 0.0968. The van der Waals surface area contributed by atoms with Gasteiger partial charge in [-0.05, 0) is 25.8 Å². The molecule has 3 N–H and O–H groups in total. The molecule has 0 aromatic carbocycles. The Morgan fingerprint density at radius 1 is 1.35 bits per heavy atom. The van der Waals surface area contributed by atoms with E-state index in [1.54, 1.807) is 14.2 Å². The van der Waals surface area contributed by atoms with E-state index >= 15 is 0 Å². The van der Waals surface area contributed by atoms with Crippen molar-refractivity contribution in [2.45, 2.75) is 50.9 Å². The number of rotatable bonds is 9. The van der Waals surface area contributed by atoms with Gasteiger partial charge in [0, 0.05) is 32.7 Å². The molecule has 1 aliphatic carbocycles. The smallest absolute Gasteiger partial charge is 0.158 e. The molecular formula is C13H28N2O2. The van der Waals surface area contributed by atoms with Gasteiger partial charge in [0.05, 0.1) is 0 Å². The predicted molar refractivity (Wildman–Crippen MR) is 69.8 cm³/mol. The van der Waals surface area contributed by atoms with Crippen molar-refractivity contribution >= 4 is 0 Å². The zero-order valence-electron chi connectivity index (χ0n) is 11.5. The van der Waals surface area contributed by atoms with Crippen LogP contribution in [-0.2, 0) is 9.47 Å². The average molecular weight is 244 g/mol. The van der Waals surface area contributed by atoms with Gasteiger partial charge in [0.2, 0.25) is 0 Å². The Labute approximate surface area is 105 Å². The molecule has 102 valence electrons. The lowest BCUT2D eigenvalue weighted by Crippen LogP contribution is -2.51. The van der Waals surface area contributed by atoms with E-state index in [0.29, 0.717) is 6.54 Å². The van der Waals surface area contributed by atoms with E-state index < -0.39 is 0 Å². The van der Waals surface area contributed by atoms with E-state index in [-0.39, 0.29) is 11.8 Å². The third kappa shape index (κ3) is 4.92. The Morgan fingerprint density at radius 2 is 2.00 bits per heavy atom. The first-order valence-electron chi connectivity index (χ1n) is 6.64. The van der Waals surface area contributed by atoms with Crippen LogP contribution in [0.2, 0.25) is 0 Å². The van der Waals surface area contributed by atoms with Crippen LogP contribution in [0.4, 0.5) is 0 Å². The van der Waals surface area contributed by atoms with Gasteiger partial charge in [-0.2, -0.15) is 0 Å². The highest BCUT2D eigenvalue weighted by Crippen LogP contribution is 2.29. The van der Waals surface area contributed by atoms with E-state index in [1.807, 2.05) is 0 Å². The summed E-state index contributed by atoms with van der Waals surface area (Å²) in [4.78, 5) is 0. The Hall–Kier alpha value is -0.160. The highest BCUT2D eigenvalue weighted by atomic mass is 16.7. The second kappa shape index (κ2) is 7.31. The lowest BCUT2D eigenvalue weighted by atomic mass is 9.83. The van der Waals surface area contributed by atoms with Crippen molar-refractivity contribution in [3.63, 3.8) is 0 Å². The van der Waals surface area contributed by atoms with E-state index in [1.165, 1.54) is 25.7 Å². The standard InChI is InChI=1S/C13H28N2O2/c1-13(10-14,9-12(16-2)17-3)15-8-7-11-5-4-6-11/h11-12,15H,4-10,14H2,1-3H3. The third-order valence-corrected chi connectivity index (χ3v) is 3.92. The summed E-state index contributed by atoms with van der Waals surface area (Å²) in [5.74, 6) is 0.935. The summed E-state index contributed by atoms with van der Waals surface area (Å²) in [6.45, 7) is 3.78. The van der Waals surface area contributed by atoms with Crippen LogP contribution in [0.15, 0.2) is 0 Å². The van der Waals surface area contributed by atoms with Crippen molar-refractivity contribution in [2.75, 3.05) is 27.3 Å². The van der Waals surface area contributed by atoms with Crippen molar-refractivity contribution < 1.29 is 9.47 Å². The monoisotopic (exact) mass is 244 g/mol. The van der Waals surface area contributed by atoms with E-state index in [9.17, 15) is 0 Å². The molecule has 4 heteroatoms. The van der Waals surface area contributed by atoms with Crippen LogP contribution in [0, 0.1) is 5.92 Å². The summed E-state index contributed by atoms with van der Waals surface area (Å²) < 4.78 is 10.5. The number of hydrogen-bond donors (Lipinski definition) is 2. The van der Waals surface area contributed by atoms with E-state index in [0.717, 1.165) is 18.9 Å². The van der Waals surface area contributed by atoms with E-state index in [2.05, 4.69) is 12.2 Å². The van der Waals surface area contributed by atoms with Crippen LogP contribution in [0.3, 0.4) is 0 Å². The highest BCUT2D eigenvalue weighted by molar-refractivity contribution is 4.86. The summed E-state index contributed by atoms with van der Waals surface area (Å²) in [7, 11) is 3.33. The molecule has 17 heavy (non-hydrogen) atoms. The molecule has 1 unspecified atom stereocenters. The third-order valence-electron chi connectivity index (χ3n) is 3.92. The molecule has 0 heterocycles. The van der Waals surface area contributed by atoms with Gasteiger partial charge < -0.3 is 20.5 Å². The quantitative estimate of drug-likeness (QED) is 0.603. The fourth-order valence-electron chi connectivity index (χ4n) is 2.22. The van der Waals surface area contributed by atoms with Gasteiger partial charge in [-0.1, -0.05) is 19.3 Å². The molecule has 1 rings (SSSR count). The zero-order chi connectivity index (χ0) is 12.7. The maximum atomic E-state index is 5.85. The molecule has 0 bridgehead atoms. The number of hydrogen-bond acceptors (Lipinski definition) is 4. The first-order chi connectivity index (χ1) is 8.13. The average Bonchev–Trinajstić information content (AvgIpc) is 2.29. The van der Waals surface area contributed by atoms with Crippen LogP contribution in [0.25, 0.3) is 0 Å². The second-order valence-corrected chi connectivity index (χ2v) is 5.38. The minimum Gasteiger partial charge on any atom is -0.356 e. The molecule has 1 fully saturated rings. The SMILES string of the molecule is COC(CC(C)(CN)NCCC1CCC1)OC. The summed E-state index contributed by atoms with van der Waals surface area (Å²) in [6, 6.07) is 0. The van der Waals surface area contributed by atoms with Gasteiger partial charge >= 0.3 is 0 Å². The molecule has 0 spiro atoms. The lowest BCUT2D eigenvalue weighted by Gasteiger charge is -2.34. The van der Waals surface area contributed by atoms with Crippen molar-refractivity contribution in [3.05, 3.63) is 0 Å². The summed E-state index contributed by atoms with van der Waals surface area (Å²) >= 11 is 0. The summed E-state index contributed by atoms with van der Waals surface area (Å²) in [5.41, 5.74) is 5.76. The molecule has 0 aromatic rings. The molecular weight excluding hydrogens is 216 g/mol. The van der Waals surface area contributed by atoms with Gasteiger partial charge in [0.25, 0.3) is 0 Å². The highest BCUT2D eigenvalue weighted by Gasteiger charge is 2.27. The Bertz CT molecular complexity index is 206. The molecule has 0 aliphatic heterocycles. The van der Waals surface area contributed by atoms with Gasteiger partial charge in [-0.3, -0.25) is 0 Å². The van der Waals surface area contributed by atoms with Gasteiger partial charge in [-0.25, -0.2) is 0 Å². The van der Waals surface area contributed by atoms with Gasteiger partial charge in [-0.15, -0.1) is 0 Å². The van der Waals surface area contributed by atoms with Crippen LogP contribution < -0.4 is 11.1 Å². The maximum absolute atomic E-state index is 5.85. The Morgan fingerprint density at radius 3 is 2.41 bits per heavy atom. The maximum Gasteiger partial charge on any atom is 0.158 e. The molecule has 0 aromatic heterocycles. The van der Waals surface area contributed by atoms with Crippen LogP contribution in [-0.4, -0.2) is 39.1 Å². The molecule has 0 radical (unpaired) electrons. The minimum atomic E-state index is -0.181. The van der Waals surface area contributed by atoms with Crippen molar-refractivity contribution in [1.29, 1.82) is 0 Å². The lowest BCUT2D eigenvalue weighted by molar-refractivity contribution is -0.117. The zero-order valence-corrected chi connectivity index (χ0v) is 11.5. The number of ether oxygens (including phenoxy) is 2. The number of nitrogens with one attached hydrogen (secondary N) is 1. The Kier molecular flexibility index (Phi) is 6.41.